The highest BCUT2D eigenvalue weighted by atomic mass is 35.5. The van der Waals surface area contributed by atoms with E-state index < -0.39 is 0 Å². The number of hydrogen-bond acceptors (Lipinski definition) is 3. The molecule has 0 radical (unpaired) electrons. The van der Waals surface area contributed by atoms with E-state index in [-0.39, 0.29) is 5.89 Å². The molecule has 0 saturated heterocycles. The average Bonchev–Trinajstić information content (AvgIpc) is 2.46. The molecule has 0 bridgehead atoms. The zero-order valence-electron chi connectivity index (χ0n) is 5.95. The molecule has 12 heavy (non-hydrogen) atoms. The minimum absolute atomic E-state index is 0.0762. The molecule has 2 rings (SSSR count). The first-order chi connectivity index (χ1) is 5.79. The largest absolute Gasteiger partial charge is 0.434 e. The van der Waals surface area contributed by atoms with Crippen molar-refractivity contribution in [2.45, 2.75) is 0 Å². The van der Waals surface area contributed by atoms with Gasteiger partial charge in [0, 0.05) is 5.02 Å². The molecule has 3 nitrogen and oxygen atoms in total. The molecule has 0 aliphatic heterocycles. The monoisotopic (exact) mass is 181 g/mol. The topological polar surface area (TPSA) is 43.1 Å². The van der Waals surface area contributed by atoms with Crippen molar-refractivity contribution < 1.29 is 9.21 Å². The number of nitrogens with zero attached hydrogens (tertiary/aromatic N) is 1. The van der Waals surface area contributed by atoms with Crippen LogP contribution in [-0.2, 0) is 0 Å². The summed E-state index contributed by atoms with van der Waals surface area (Å²) in [5.41, 5.74) is 1.17. The van der Waals surface area contributed by atoms with Crippen LogP contribution >= 0.6 is 11.6 Å². The lowest BCUT2D eigenvalue weighted by molar-refractivity contribution is 0.109. The van der Waals surface area contributed by atoms with Gasteiger partial charge in [-0.3, -0.25) is 4.79 Å². The first-order valence-corrected chi connectivity index (χ1v) is 3.68. The highest BCUT2D eigenvalue weighted by molar-refractivity contribution is 6.31. The lowest BCUT2D eigenvalue weighted by Crippen LogP contribution is -1.74. The molecule has 0 atom stereocenters. The minimum atomic E-state index is 0.0762. The van der Waals surface area contributed by atoms with Gasteiger partial charge in [-0.15, -0.1) is 0 Å². The molecule has 0 aliphatic rings. The molecule has 0 fully saturated rings. The van der Waals surface area contributed by atoms with E-state index >= 15 is 0 Å². The molecule has 1 heterocycles. The van der Waals surface area contributed by atoms with Gasteiger partial charge in [-0.05, 0) is 18.2 Å². The predicted octanol–water partition coefficient (Wildman–Crippen LogP) is 2.29. The van der Waals surface area contributed by atoms with Crippen molar-refractivity contribution in [3.63, 3.8) is 0 Å². The highest BCUT2D eigenvalue weighted by Crippen LogP contribution is 2.18. The second-order valence-electron chi connectivity index (χ2n) is 2.28. The maximum atomic E-state index is 10.3. The first-order valence-electron chi connectivity index (χ1n) is 3.31. The fourth-order valence-electron chi connectivity index (χ4n) is 0.969. The summed E-state index contributed by atoms with van der Waals surface area (Å²) in [6, 6.07) is 5.01. The predicted molar refractivity (Wildman–Crippen MR) is 44.4 cm³/mol. The fourth-order valence-corrected chi connectivity index (χ4v) is 1.14. The molecule has 60 valence electrons. The lowest BCUT2D eigenvalue weighted by Gasteiger charge is -1.85. The van der Waals surface area contributed by atoms with E-state index in [1.165, 1.54) is 0 Å². The second kappa shape index (κ2) is 2.60. The fraction of sp³-hybridized carbons (Fsp3) is 0. The van der Waals surface area contributed by atoms with E-state index in [9.17, 15) is 4.79 Å². The molecule has 0 amide bonds. The molecule has 0 N–H and O–H groups in total. The summed E-state index contributed by atoms with van der Waals surface area (Å²) in [5.74, 6) is 0.0762. The normalized spacial score (nSPS) is 10.4. The molecule has 4 heteroatoms. The molecular weight excluding hydrogens is 178 g/mol. The molecular formula is C8H4ClNO2. The van der Waals surface area contributed by atoms with Crippen LogP contribution in [0.3, 0.4) is 0 Å². The Morgan fingerprint density at radius 1 is 1.50 bits per heavy atom. The van der Waals surface area contributed by atoms with Crippen LogP contribution in [0, 0.1) is 0 Å². The van der Waals surface area contributed by atoms with Gasteiger partial charge in [0.15, 0.2) is 5.58 Å². The maximum Gasteiger partial charge on any atom is 0.260 e. The van der Waals surface area contributed by atoms with Gasteiger partial charge in [-0.1, -0.05) is 11.6 Å². The third-order valence-corrected chi connectivity index (χ3v) is 1.70. The highest BCUT2D eigenvalue weighted by Gasteiger charge is 2.03. The van der Waals surface area contributed by atoms with E-state index in [2.05, 4.69) is 4.98 Å². The quantitative estimate of drug-likeness (QED) is 0.634. The Kier molecular flexibility index (Phi) is 1.59. The van der Waals surface area contributed by atoms with Crippen molar-refractivity contribution in [1.82, 2.24) is 4.98 Å². The van der Waals surface area contributed by atoms with E-state index in [1.54, 1.807) is 18.2 Å². The van der Waals surface area contributed by atoms with Crippen LogP contribution in [0.15, 0.2) is 22.6 Å². The van der Waals surface area contributed by atoms with Crippen LogP contribution in [0.1, 0.15) is 10.7 Å². The standard InChI is InChI=1S/C8H4ClNO2/c9-5-1-2-7-6(3-5)10-8(4-11)12-7/h1-4H. The summed E-state index contributed by atoms with van der Waals surface area (Å²) in [6.45, 7) is 0. The van der Waals surface area contributed by atoms with Gasteiger partial charge in [0.25, 0.3) is 5.89 Å². The van der Waals surface area contributed by atoms with Crippen LogP contribution in [0.5, 0.6) is 0 Å². The van der Waals surface area contributed by atoms with Crippen LogP contribution < -0.4 is 0 Å². The van der Waals surface area contributed by atoms with Crippen molar-refractivity contribution in [3.8, 4) is 0 Å². The van der Waals surface area contributed by atoms with Crippen molar-refractivity contribution in [2.24, 2.45) is 0 Å². The molecule has 1 aromatic carbocycles. The Morgan fingerprint density at radius 2 is 2.33 bits per heavy atom. The average molecular weight is 182 g/mol. The Bertz CT molecular complexity index is 436. The summed E-state index contributed by atoms with van der Waals surface area (Å²) in [7, 11) is 0. The third kappa shape index (κ3) is 1.08. The van der Waals surface area contributed by atoms with Crippen molar-refractivity contribution in [1.29, 1.82) is 0 Å². The Balaban J connectivity index is 2.75. The van der Waals surface area contributed by atoms with E-state index in [0.717, 1.165) is 0 Å². The molecule has 1 aromatic heterocycles. The van der Waals surface area contributed by atoms with Crippen LogP contribution in [0.4, 0.5) is 0 Å². The zero-order valence-corrected chi connectivity index (χ0v) is 6.71. The van der Waals surface area contributed by atoms with Crippen LogP contribution in [-0.4, -0.2) is 11.3 Å². The molecule has 0 aliphatic carbocycles. The Morgan fingerprint density at radius 3 is 3.08 bits per heavy atom. The summed E-state index contributed by atoms with van der Waals surface area (Å²) in [5, 5.41) is 0.577. The Labute approximate surface area is 73.0 Å². The zero-order chi connectivity index (χ0) is 8.55. The van der Waals surface area contributed by atoms with Crippen LogP contribution in [0.25, 0.3) is 11.1 Å². The van der Waals surface area contributed by atoms with Gasteiger partial charge in [0.05, 0.1) is 0 Å². The van der Waals surface area contributed by atoms with Crippen molar-refractivity contribution >= 4 is 29.0 Å². The number of carbonyl (C=O) groups is 1. The molecule has 0 unspecified atom stereocenters. The summed E-state index contributed by atoms with van der Waals surface area (Å²) < 4.78 is 5.03. The van der Waals surface area contributed by atoms with E-state index in [4.69, 9.17) is 16.0 Å². The van der Waals surface area contributed by atoms with Gasteiger partial charge in [0.2, 0.25) is 6.29 Å². The SMILES string of the molecule is O=Cc1nc2cc(Cl)ccc2o1. The molecule has 0 saturated carbocycles. The smallest absolute Gasteiger partial charge is 0.260 e. The third-order valence-electron chi connectivity index (χ3n) is 1.47. The molecule has 2 aromatic rings. The Hall–Kier alpha value is -1.35. The van der Waals surface area contributed by atoms with Gasteiger partial charge < -0.3 is 4.42 Å². The number of carbonyl (C=O) groups excluding carboxylic acids is 1. The van der Waals surface area contributed by atoms with Gasteiger partial charge >= 0.3 is 0 Å². The lowest BCUT2D eigenvalue weighted by atomic mass is 10.3. The first kappa shape index (κ1) is 7.31. The summed E-state index contributed by atoms with van der Waals surface area (Å²) in [6.07, 6.45) is 0.563. The van der Waals surface area contributed by atoms with E-state index in [1.807, 2.05) is 0 Å². The number of aldehydes is 1. The van der Waals surface area contributed by atoms with Crippen molar-refractivity contribution in [2.75, 3.05) is 0 Å². The number of aromatic nitrogens is 1. The van der Waals surface area contributed by atoms with Crippen LogP contribution in [0.2, 0.25) is 5.02 Å². The number of fused-ring (bicyclic) bond motifs is 1. The number of rotatable bonds is 1. The number of oxazole rings is 1. The number of halogens is 1. The maximum absolute atomic E-state index is 10.3. The minimum Gasteiger partial charge on any atom is -0.434 e. The van der Waals surface area contributed by atoms with Gasteiger partial charge in [-0.25, -0.2) is 4.98 Å². The molecule has 0 spiro atoms. The van der Waals surface area contributed by atoms with E-state index in [0.29, 0.717) is 22.4 Å². The second-order valence-corrected chi connectivity index (χ2v) is 2.72. The van der Waals surface area contributed by atoms with Gasteiger partial charge in [-0.2, -0.15) is 0 Å². The number of benzene rings is 1. The number of hydrogen-bond donors (Lipinski definition) is 0. The van der Waals surface area contributed by atoms with Crippen molar-refractivity contribution in [3.05, 3.63) is 29.1 Å². The summed E-state index contributed by atoms with van der Waals surface area (Å²) in [4.78, 5) is 14.1. The summed E-state index contributed by atoms with van der Waals surface area (Å²) >= 11 is 5.70. The van der Waals surface area contributed by atoms with Gasteiger partial charge in [0.1, 0.15) is 5.52 Å².